The molecule has 0 aliphatic rings. The summed E-state index contributed by atoms with van der Waals surface area (Å²) in [5, 5.41) is 5.73. The van der Waals surface area contributed by atoms with Gasteiger partial charge in [0.05, 0.1) is 0 Å². The van der Waals surface area contributed by atoms with E-state index in [4.69, 9.17) is 0 Å². The van der Waals surface area contributed by atoms with Gasteiger partial charge in [-0.1, -0.05) is 146 Å². The van der Waals surface area contributed by atoms with E-state index in [9.17, 15) is 0 Å². The molecule has 30 heavy (non-hydrogen) atoms. The lowest BCUT2D eigenvalue weighted by Crippen LogP contribution is -2.08. The normalized spacial score (nSPS) is 10.6. The van der Waals surface area contributed by atoms with Crippen LogP contribution in [0, 0.1) is 0 Å². The summed E-state index contributed by atoms with van der Waals surface area (Å²) in [6.07, 6.45) is 3.77. The average molecular weight is 428 g/mol. The van der Waals surface area contributed by atoms with Gasteiger partial charge in [-0.15, -0.1) is 0 Å². The van der Waals surface area contributed by atoms with Crippen LogP contribution in [-0.4, -0.2) is 0 Å². The van der Waals surface area contributed by atoms with E-state index in [0.29, 0.717) is 0 Å². The third-order valence-electron chi connectivity index (χ3n) is 4.71. The van der Waals surface area contributed by atoms with Gasteiger partial charge < -0.3 is 0 Å². The number of benzene rings is 4. The quantitative estimate of drug-likeness (QED) is 0.318. The lowest BCUT2D eigenvalue weighted by molar-refractivity contribution is 0.798. The predicted octanol–water partition coefficient (Wildman–Crippen LogP) is 5.97. The lowest BCUT2D eigenvalue weighted by atomic mass is 10.1. The van der Waals surface area contributed by atoms with Gasteiger partial charge in [0.1, 0.15) is 0 Å². The third kappa shape index (κ3) is 7.87. The molecule has 0 aromatic heterocycles. The Hall–Kier alpha value is -2.26. The third-order valence-corrected chi connectivity index (χ3v) is 7.33. The molecule has 0 saturated carbocycles. The number of hydrogen-bond acceptors (Lipinski definition) is 0. The van der Waals surface area contributed by atoms with Gasteiger partial charge in [-0.05, 0) is 39.6 Å². The van der Waals surface area contributed by atoms with Crippen LogP contribution in [0.15, 0.2) is 115 Å². The summed E-state index contributed by atoms with van der Waals surface area (Å²) in [5.41, 5.74) is 1.52. The van der Waals surface area contributed by atoms with E-state index in [1.807, 2.05) is 0 Å². The van der Waals surface area contributed by atoms with Gasteiger partial charge in [-0.3, -0.25) is 0 Å². The van der Waals surface area contributed by atoms with Crippen LogP contribution in [0.25, 0.3) is 0 Å². The van der Waals surface area contributed by atoms with Crippen molar-refractivity contribution in [3.8, 4) is 0 Å². The van der Waals surface area contributed by atoms with Crippen molar-refractivity contribution in [1.82, 2.24) is 0 Å². The summed E-state index contributed by atoms with van der Waals surface area (Å²) in [6, 6.07) is 40.8. The smallest absolute Gasteiger partial charge is 0.0194 e. The van der Waals surface area contributed by atoms with Crippen LogP contribution in [0.4, 0.5) is 0 Å². The van der Waals surface area contributed by atoms with Crippen LogP contribution < -0.4 is 21.2 Å². The molecule has 0 N–H and O–H groups in total. The maximum absolute atomic E-state index is 2.28. The molecule has 4 aromatic rings. The highest BCUT2D eigenvalue weighted by Gasteiger charge is 2.02. The second-order valence-corrected chi connectivity index (χ2v) is 9.88. The first kappa shape index (κ1) is 22.4. The minimum Gasteiger partial charge on any atom is -0.0654 e. The van der Waals surface area contributed by atoms with Crippen molar-refractivity contribution < 1.29 is 0 Å². The van der Waals surface area contributed by atoms with E-state index in [-0.39, 0.29) is 0 Å². The SMILES string of the molecule is CCCCc1ccccc1Pc1ccccc1.c1ccc(Pc2ccccc2)cc1. The van der Waals surface area contributed by atoms with Crippen molar-refractivity contribution in [2.24, 2.45) is 0 Å². The molecule has 0 spiro atoms. The van der Waals surface area contributed by atoms with Crippen LogP contribution in [-0.2, 0) is 6.42 Å². The van der Waals surface area contributed by atoms with E-state index in [1.54, 1.807) is 0 Å². The van der Waals surface area contributed by atoms with Crippen molar-refractivity contribution in [1.29, 1.82) is 0 Å². The highest BCUT2D eigenvalue weighted by Crippen LogP contribution is 2.15. The van der Waals surface area contributed by atoms with Crippen LogP contribution in [0.2, 0.25) is 0 Å². The van der Waals surface area contributed by atoms with E-state index in [1.165, 1.54) is 46.0 Å². The van der Waals surface area contributed by atoms with Crippen molar-refractivity contribution in [3.63, 3.8) is 0 Å². The van der Waals surface area contributed by atoms with Crippen LogP contribution in [0.5, 0.6) is 0 Å². The molecule has 0 aliphatic carbocycles. The molecule has 152 valence electrons. The van der Waals surface area contributed by atoms with E-state index < -0.39 is 0 Å². The molecule has 0 bridgehead atoms. The zero-order chi connectivity index (χ0) is 20.9. The van der Waals surface area contributed by atoms with Crippen LogP contribution >= 0.6 is 17.2 Å². The highest BCUT2D eigenvalue weighted by atomic mass is 31.1. The summed E-state index contributed by atoms with van der Waals surface area (Å²) in [7, 11) is 1.56. The minimum absolute atomic E-state index is 0.777. The van der Waals surface area contributed by atoms with Crippen molar-refractivity contribution in [3.05, 3.63) is 121 Å². The highest BCUT2D eigenvalue weighted by molar-refractivity contribution is 7.55. The molecule has 0 nitrogen and oxygen atoms in total. The standard InChI is InChI=1S/C16H19P.C12H11P/c1-2-3-9-14-10-7-8-13-16(14)17-15-11-5-4-6-12-15;1-3-7-11(8-4-1)13-12-9-5-2-6-10-12/h4-8,10-13,17H,2-3,9H2,1H3;1-10,13H. The summed E-state index contributed by atoms with van der Waals surface area (Å²) < 4.78 is 0. The Kier molecular flexibility index (Phi) is 9.81. The molecule has 0 amide bonds. The fraction of sp³-hybridized carbons (Fsp3) is 0.143. The summed E-state index contributed by atoms with van der Waals surface area (Å²) in [5.74, 6) is 0. The second-order valence-electron chi connectivity index (χ2n) is 7.11. The van der Waals surface area contributed by atoms with E-state index >= 15 is 0 Å². The monoisotopic (exact) mass is 428 g/mol. The fourth-order valence-electron chi connectivity index (χ4n) is 3.11. The van der Waals surface area contributed by atoms with E-state index in [2.05, 4.69) is 122 Å². The molecule has 0 saturated heterocycles. The Morgan fingerprint density at radius 2 is 0.933 bits per heavy atom. The molecule has 0 aliphatic heterocycles. The number of unbranched alkanes of at least 4 members (excludes halogenated alkanes) is 1. The molecule has 4 rings (SSSR count). The number of hydrogen-bond donors (Lipinski definition) is 0. The maximum Gasteiger partial charge on any atom is -0.0194 e. The first-order chi connectivity index (χ1) is 14.8. The van der Waals surface area contributed by atoms with Gasteiger partial charge in [0.2, 0.25) is 0 Å². The maximum atomic E-state index is 2.28. The topological polar surface area (TPSA) is 0 Å². The molecular formula is C28H30P2. The summed E-state index contributed by atoms with van der Waals surface area (Å²) in [6.45, 7) is 2.25. The molecule has 2 heteroatoms. The zero-order valence-electron chi connectivity index (χ0n) is 17.6. The number of aryl methyl sites for hydroxylation is 1. The fourth-order valence-corrected chi connectivity index (χ4v) is 5.38. The summed E-state index contributed by atoms with van der Waals surface area (Å²) >= 11 is 0. The van der Waals surface area contributed by atoms with Gasteiger partial charge >= 0.3 is 0 Å². The first-order valence-corrected chi connectivity index (χ1v) is 12.6. The molecule has 1 atom stereocenters. The predicted molar refractivity (Wildman–Crippen MR) is 140 cm³/mol. The molecule has 0 fully saturated rings. The van der Waals surface area contributed by atoms with Crippen molar-refractivity contribution in [2.45, 2.75) is 26.2 Å². The largest absolute Gasteiger partial charge is 0.0654 e. The molecule has 0 heterocycles. The first-order valence-electron chi connectivity index (χ1n) is 10.6. The van der Waals surface area contributed by atoms with E-state index in [0.717, 1.165) is 17.2 Å². The minimum atomic E-state index is 0.777. The molecule has 4 aromatic carbocycles. The van der Waals surface area contributed by atoms with Gasteiger partial charge in [0.15, 0.2) is 0 Å². The van der Waals surface area contributed by atoms with Crippen LogP contribution in [0.3, 0.4) is 0 Å². The van der Waals surface area contributed by atoms with Gasteiger partial charge in [0, 0.05) is 0 Å². The lowest BCUT2D eigenvalue weighted by Gasteiger charge is -2.09. The zero-order valence-corrected chi connectivity index (χ0v) is 19.6. The number of rotatable bonds is 7. The van der Waals surface area contributed by atoms with Gasteiger partial charge in [-0.25, -0.2) is 0 Å². The van der Waals surface area contributed by atoms with Gasteiger partial charge in [0.25, 0.3) is 0 Å². The van der Waals surface area contributed by atoms with Crippen molar-refractivity contribution >= 4 is 38.4 Å². The average Bonchev–Trinajstić information content (AvgIpc) is 2.81. The van der Waals surface area contributed by atoms with Gasteiger partial charge in [-0.2, -0.15) is 0 Å². The Balaban J connectivity index is 0.000000177. The Morgan fingerprint density at radius 3 is 1.43 bits per heavy atom. The second kappa shape index (κ2) is 13.1. The van der Waals surface area contributed by atoms with Crippen molar-refractivity contribution in [2.75, 3.05) is 0 Å². The molecular weight excluding hydrogens is 398 g/mol. The Bertz CT molecular complexity index is 929. The molecule has 0 radical (unpaired) electrons. The Morgan fingerprint density at radius 1 is 0.500 bits per heavy atom. The molecule has 1 unspecified atom stereocenters. The summed E-state index contributed by atoms with van der Waals surface area (Å²) in [4.78, 5) is 0. The Labute approximate surface area is 185 Å². The van der Waals surface area contributed by atoms with Crippen LogP contribution in [0.1, 0.15) is 25.3 Å².